The summed E-state index contributed by atoms with van der Waals surface area (Å²) in [7, 11) is 4.83. The summed E-state index contributed by atoms with van der Waals surface area (Å²) in [5.41, 5.74) is 1.000. The summed E-state index contributed by atoms with van der Waals surface area (Å²) in [5, 5.41) is 2.82. The lowest BCUT2D eigenvalue weighted by molar-refractivity contribution is 0.184. The van der Waals surface area contributed by atoms with Gasteiger partial charge in [0.15, 0.2) is 0 Å². The van der Waals surface area contributed by atoms with E-state index in [2.05, 4.69) is 20.3 Å². The Bertz CT molecular complexity index is 555. The van der Waals surface area contributed by atoms with Gasteiger partial charge in [-0.3, -0.25) is 0 Å². The van der Waals surface area contributed by atoms with Gasteiger partial charge in [0.1, 0.15) is 5.75 Å². The molecule has 0 saturated carbocycles. The average Bonchev–Trinajstić information content (AvgIpc) is 2.47. The van der Waals surface area contributed by atoms with E-state index in [-0.39, 0.29) is 12.0 Å². The largest absolute Gasteiger partial charge is 0.467 e. The van der Waals surface area contributed by atoms with Crippen LogP contribution in [0.3, 0.4) is 0 Å². The van der Waals surface area contributed by atoms with Crippen LogP contribution in [0.15, 0.2) is 24.3 Å². The number of ether oxygens (including phenoxy) is 3. The van der Waals surface area contributed by atoms with E-state index in [0.717, 1.165) is 5.56 Å². The lowest BCUT2D eigenvalue weighted by atomic mass is 10.2. The van der Waals surface area contributed by atoms with Gasteiger partial charge in [-0.2, -0.15) is 9.97 Å². The van der Waals surface area contributed by atoms with Crippen molar-refractivity contribution in [3.05, 3.63) is 29.8 Å². The number of aromatic nitrogens is 3. The van der Waals surface area contributed by atoms with Gasteiger partial charge in [-0.1, -0.05) is 12.1 Å². The maximum Gasteiger partial charge on any atom is 0.330 e. The molecule has 0 saturated heterocycles. The van der Waals surface area contributed by atoms with Gasteiger partial charge in [-0.25, -0.2) is 0 Å². The van der Waals surface area contributed by atoms with Crippen LogP contribution in [0.1, 0.15) is 5.56 Å². The van der Waals surface area contributed by atoms with Crippen molar-refractivity contribution < 1.29 is 14.2 Å². The maximum atomic E-state index is 5.61. The molecule has 0 amide bonds. The Kier molecular flexibility index (Phi) is 4.67. The van der Waals surface area contributed by atoms with Crippen LogP contribution in [0.25, 0.3) is 0 Å². The second-order valence-electron chi connectivity index (χ2n) is 3.86. The molecule has 0 radical (unpaired) electrons. The van der Waals surface area contributed by atoms with Crippen LogP contribution in [0.5, 0.6) is 17.8 Å². The van der Waals surface area contributed by atoms with Gasteiger partial charge in [-0.15, -0.1) is 4.98 Å². The zero-order chi connectivity index (χ0) is 14.4. The monoisotopic (exact) mass is 276 g/mol. The van der Waals surface area contributed by atoms with Gasteiger partial charge in [0.2, 0.25) is 5.95 Å². The first-order chi connectivity index (χ1) is 9.75. The second kappa shape index (κ2) is 6.67. The van der Waals surface area contributed by atoms with Crippen molar-refractivity contribution in [3.8, 4) is 17.8 Å². The van der Waals surface area contributed by atoms with E-state index < -0.39 is 0 Å². The van der Waals surface area contributed by atoms with Gasteiger partial charge in [-0.05, 0) is 17.7 Å². The van der Waals surface area contributed by atoms with E-state index in [1.54, 1.807) is 14.2 Å². The Morgan fingerprint density at radius 3 is 2.60 bits per heavy atom. The zero-order valence-corrected chi connectivity index (χ0v) is 11.6. The summed E-state index contributed by atoms with van der Waals surface area (Å²) in [4.78, 5) is 12.1. The molecule has 0 unspecified atom stereocenters. The molecule has 1 aromatic heterocycles. The summed E-state index contributed by atoms with van der Waals surface area (Å²) >= 11 is 0. The predicted molar refractivity (Wildman–Crippen MR) is 73.2 cm³/mol. The third-order valence-corrected chi connectivity index (χ3v) is 2.42. The minimum atomic E-state index is 0.163. The van der Waals surface area contributed by atoms with Crippen LogP contribution in [0.4, 0.5) is 5.95 Å². The van der Waals surface area contributed by atoms with Gasteiger partial charge in [0.05, 0.1) is 13.7 Å². The van der Waals surface area contributed by atoms with Crippen molar-refractivity contribution in [1.82, 2.24) is 15.0 Å². The number of benzene rings is 1. The number of rotatable bonds is 6. The number of hydrogen-bond acceptors (Lipinski definition) is 7. The highest BCUT2D eigenvalue weighted by Gasteiger charge is 2.08. The van der Waals surface area contributed by atoms with Gasteiger partial charge >= 0.3 is 12.0 Å². The van der Waals surface area contributed by atoms with Crippen molar-refractivity contribution in [2.45, 2.75) is 6.61 Å². The fraction of sp³-hybridized carbons (Fsp3) is 0.308. The molecule has 106 valence electrons. The average molecular weight is 276 g/mol. The molecule has 0 aliphatic carbocycles. The third-order valence-electron chi connectivity index (χ3n) is 2.42. The fourth-order valence-electron chi connectivity index (χ4n) is 1.56. The molecule has 1 heterocycles. The molecule has 1 N–H and O–H groups in total. The SMILES string of the molecule is CNc1nc(OC)nc(Oc2cccc(COC)c2)n1. The topological polar surface area (TPSA) is 78.4 Å². The molecule has 2 aromatic rings. The van der Waals surface area contributed by atoms with Crippen LogP contribution in [0.2, 0.25) is 0 Å². The van der Waals surface area contributed by atoms with Gasteiger partial charge < -0.3 is 19.5 Å². The molecule has 0 bridgehead atoms. The van der Waals surface area contributed by atoms with E-state index in [1.165, 1.54) is 7.11 Å². The van der Waals surface area contributed by atoms with Crippen molar-refractivity contribution in [1.29, 1.82) is 0 Å². The minimum absolute atomic E-state index is 0.163. The highest BCUT2D eigenvalue weighted by molar-refractivity contribution is 5.32. The third kappa shape index (κ3) is 3.55. The van der Waals surface area contributed by atoms with E-state index in [1.807, 2.05) is 24.3 Å². The van der Waals surface area contributed by atoms with E-state index in [0.29, 0.717) is 18.3 Å². The Balaban J connectivity index is 2.22. The van der Waals surface area contributed by atoms with Crippen molar-refractivity contribution in [3.63, 3.8) is 0 Å². The Labute approximate surface area is 116 Å². The zero-order valence-electron chi connectivity index (χ0n) is 11.6. The first-order valence-corrected chi connectivity index (χ1v) is 5.98. The van der Waals surface area contributed by atoms with Crippen LogP contribution >= 0.6 is 0 Å². The summed E-state index contributed by atoms with van der Waals surface area (Å²) in [6.07, 6.45) is 0. The standard InChI is InChI=1S/C13H16N4O3/c1-14-11-15-12(19-3)17-13(16-11)20-10-6-4-5-9(7-10)8-18-2/h4-7H,8H2,1-3H3,(H,14,15,16,17). The molecular formula is C13H16N4O3. The molecule has 0 atom stereocenters. The summed E-state index contributed by atoms with van der Waals surface area (Å²) in [6.45, 7) is 0.513. The van der Waals surface area contributed by atoms with Crippen LogP contribution in [-0.4, -0.2) is 36.2 Å². The van der Waals surface area contributed by atoms with Crippen LogP contribution in [-0.2, 0) is 11.3 Å². The lowest BCUT2D eigenvalue weighted by Crippen LogP contribution is -2.03. The van der Waals surface area contributed by atoms with E-state index >= 15 is 0 Å². The maximum absolute atomic E-state index is 5.61. The number of nitrogens with one attached hydrogen (secondary N) is 1. The van der Waals surface area contributed by atoms with Crippen molar-refractivity contribution >= 4 is 5.95 Å². The summed E-state index contributed by atoms with van der Waals surface area (Å²) in [6, 6.07) is 7.85. The van der Waals surface area contributed by atoms with Crippen LogP contribution < -0.4 is 14.8 Å². The lowest BCUT2D eigenvalue weighted by Gasteiger charge is -2.08. The Morgan fingerprint density at radius 2 is 1.90 bits per heavy atom. The highest BCUT2D eigenvalue weighted by atomic mass is 16.5. The molecule has 0 aliphatic heterocycles. The molecule has 7 nitrogen and oxygen atoms in total. The number of hydrogen-bond donors (Lipinski definition) is 1. The van der Waals surface area contributed by atoms with Crippen molar-refractivity contribution in [2.24, 2.45) is 0 Å². The quantitative estimate of drug-likeness (QED) is 0.862. The van der Waals surface area contributed by atoms with E-state index in [4.69, 9.17) is 14.2 Å². The van der Waals surface area contributed by atoms with Crippen LogP contribution in [0, 0.1) is 0 Å². The number of nitrogens with zero attached hydrogens (tertiary/aromatic N) is 3. The molecule has 2 rings (SSSR count). The number of anilines is 1. The highest BCUT2D eigenvalue weighted by Crippen LogP contribution is 2.21. The predicted octanol–water partition coefficient (Wildman–Crippen LogP) is 1.86. The second-order valence-corrected chi connectivity index (χ2v) is 3.86. The normalized spacial score (nSPS) is 10.2. The first-order valence-electron chi connectivity index (χ1n) is 5.98. The van der Waals surface area contributed by atoms with Gasteiger partial charge in [0.25, 0.3) is 0 Å². The van der Waals surface area contributed by atoms with Crippen molar-refractivity contribution in [2.75, 3.05) is 26.6 Å². The molecule has 1 aromatic carbocycles. The first kappa shape index (κ1) is 14.0. The minimum Gasteiger partial charge on any atom is -0.467 e. The van der Waals surface area contributed by atoms with Gasteiger partial charge in [0, 0.05) is 14.2 Å². The summed E-state index contributed by atoms with van der Waals surface area (Å²) in [5.74, 6) is 0.995. The molecule has 20 heavy (non-hydrogen) atoms. The fourth-order valence-corrected chi connectivity index (χ4v) is 1.56. The number of methoxy groups -OCH3 is 2. The Hall–Kier alpha value is -2.41. The van der Waals surface area contributed by atoms with E-state index in [9.17, 15) is 0 Å². The molecule has 0 spiro atoms. The molecular weight excluding hydrogens is 260 g/mol. The molecule has 0 fully saturated rings. The summed E-state index contributed by atoms with van der Waals surface area (Å²) < 4.78 is 15.7. The molecule has 7 heteroatoms. The molecule has 0 aliphatic rings. The Morgan fingerprint density at radius 1 is 1.10 bits per heavy atom. The smallest absolute Gasteiger partial charge is 0.330 e.